The molecule has 3 heteroatoms. The van der Waals surface area contributed by atoms with Crippen LogP contribution in [-0.4, -0.2) is 11.1 Å². The zero-order valence-corrected chi connectivity index (χ0v) is 18.2. The Kier molecular flexibility index (Phi) is 3.82. The maximum absolute atomic E-state index is 6.41. The van der Waals surface area contributed by atoms with Gasteiger partial charge in [0, 0.05) is 28.2 Å². The summed E-state index contributed by atoms with van der Waals surface area (Å²) in [6.07, 6.45) is 8.67. The molecule has 4 aromatic carbocycles. The van der Waals surface area contributed by atoms with Crippen molar-refractivity contribution in [2.24, 2.45) is 0 Å². The molecule has 158 valence electrons. The van der Waals surface area contributed by atoms with Gasteiger partial charge in [0.2, 0.25) is 0 Å². The van der Waals surface area contributed by atoms with Crippen molar-refractivity contribution >= 4 is 38.4 Å². The van der Waals surface area contributed by atoms with Crippen LogP contribution in [0, 0.1) is 0 Å². The standard InChI is InChI=1S/C30H22N2O/c1-19-29(31-27-12-6-7-17-32(19)27)21-15-13-20(14-16-21)28-23-9-3-2-8-22(23)18-25-24-10-4-5-11-26(24)33-30(25)28/h2-18,27,31H,1H3. The summed E-state index contributed by atoms with van der Waals surface area (Å²) in [5.41, 5.74) is 7.78. The van der Waals surface area contributed by atoms with Crippen molar-refractivity contribution < 1.29 is 4.42 Å². The van der Waals surface area contributed by atoms with Gasteiger partial charge in [-0.1, -0.05) is 72.8 Å². The Morgan fingerprint density at radius 2 is 1.55 bits per heavy atom. The van der Waals surface area contributed by atoms with E-state index >= 15 is 0 Å². The van der Waals surface area contributed by atoms with Crippen LogP contribution in [-0.2, 0) is 0 Å². The third-order valence-electron chi connectivity index (χ3n) is 6.85. The van der Waals surface area contributed by atoms with Gasteiger partial charge >= 0.3 is 0 Å². The fourth-order valence-corrected chi connectivity index (χ4v) is 5.22. The molecule has 0 amide bonds. The van der Waals surface area contributed by atoms with E-state index in [-0.39, 0.29) is 6.17 Å². The van der Waals surface area contributed by atoms with Crippen LogP contribution in [0.2, 0.25) is 0 Å². The molecular formula is C30H22N2O. The second kappa shape index (κ2) is 6.88. The Bertz CT molecular complexity index is 1650. The van der Waals surface area contributed by atoms with Crippen molar-refractivity contribution in [3.63, 3.8) is 0 Å². The van der Waals surface area contributed by atoms with Gasteiger partial charge in [0.25, 0.3) is 0 Å². The third-order valence-corrected chi connectivity index (χ3v) is 6.85. The Hall–Kier alpha value is -4.24. The van der Waals surface area contributed by atoms with Crippen LogP contribution in [0.4, 0.5) is 0 Å². The van der Waals surface area contributed by atoms with Gasteiger partial charge in [-0.15, -0.1) is 0 Å². The highest BCUT2D eigenvalue weighted by atomic mass is 16.3. The Labute approximate surface area is 191 Å². The van der Waals surface area contributed by atoms with Crippen LogP contribution < -0.4 is 5.32 Å². The highest BCUT2D eigenvalue weighted by Crippen LogP contribution is 2.41. The van der Waals surface area contributed by atoms with E-state index in [0.717, 1.165) is 33.1 Å². The minimum atomic E-state index is 0.193. The molecule has 5 aromatic rings. The molecule has 0 radical (unpaired) electrons. The van der Waals surface area contributed by atoms with E-state index in [1.165, 1.54) is 27.7 Å². The first-order valence-electron chi connectivity index (χ1n) is 11.3. The lowest BCUT2D eigenvalue weighted by Crippen LogP contribution is -2.32. The Balaban J connectivity index is 1.41. The summed E-state index contributed by atoms with van der Waals surface area (Å²) < 4.78 is 6.41. The minimum Gasteiger partial charge on any atom is -0.455 e. The van der Waals surface area contributed by atoms with Crippen LogP contribution in [0.1, 0.15) is 12.5 Å². The molecule has 2 aliphatic heterocycles. The number of hydrogen-bond donors (Lipinski definition) is 1. The second-order valence-corrected chi connectivity index (χ2v) is 8.71. The summed E-state index contributed by atoms with van der Waals surface area (Å²) in [6, 6.07) is 28.0. The normalized spacial score (nSPS) is 17.4. The number of nitrogens with one attached hydrogen (secondary N) is 1. The average molecular weight is 427 g/mol. The van der Waals surface area contributed by atoms with Crippen molar-refractivity contribution in [1.82, 2.24) is 10.2 Å². The molecule has 1 aromatic heterocycles. The molecule has 0 saturated heterocycles. The summed E-state index contributed by atoms with van der Waals surface area (Å²) in [4.78, 5) is 2.27. The molecular weight excluding hydrogens is 404 g/mol. The number of hydrogen-bond acceptors (Lipinski definition) is 3. The fraction of sp³-hybridized carbons (Fsp3) is 0.0667. The predicted molar refractivity (Wildman–Crippen MR) is 136 cm³/mol. The van der Waals surface area contributed by atoms with Gasteiger partial charge in [-0.3, -0.25) is 0 Å². The van der Waals surface area contributed by atoms with Gasteiger partial charge in [-0.05, 0) is 53.1 Å². The summed E-state index contributed by atoms with van der Waals surface area (Å²) in [5, 5.41) is 8.39. The number of nitrogens with zero attached hydrogens (tertiary/aromatic N) is 1. The molecule has 0 saturated carbocycles. The van der Waals surface area contributed by atoms with Gasteiger partial charge in [0.15, 0.2) is 0 Å². The van der Waals surface area contributed by atoms with E-state index in [0.29, 0.717) is 0 Å². The number of rotatable bonds is 2. The summed E-state index contributed by atoms with van der Waals surface area (Å²) in [7, 11) is 0. The summed E-state index contributed by atoms with van der Waals surface area (Å²) in [6.45, 7) is 2.17. The maximum Gasteiger partial charge on any atom is 0.143 e. The first-order valence-corrected chi connectivity index (χ1v) is 11.3. The molecule has 3 heterocycles. The van der Waals surface area contributed by atoms with Crippen molar-refractivity contribution in [2.45, 2.75) is 13.1 Å². The molecule has 1 N–H and O–H groups in total. The molecule has 7 rings (SSSR count). The monoisotopic (exact) mass is 426 g/mol. The molecule has 33 heavy (non-hydrogen) atoms. The van der Waals surface area contributed by atoms with E-state index < -0.39 is 0 Å². The molecule has 0 aliphatic carbocycles. The first kappa shape index (κ1) is 18.3. The second-order valence-electron chi connectivity index (χ2n) is 8.71. The molecule has 0 fully saturated rings. The number of benzene rings is 4. The molecule has 3 nitrogen and oxygen atoms in total. The van der Waals surface area contributed by atoms with E-state index in [2.05, 4.69) is 108 Å². The van der Waals surface area contributed by atoms with Crippen LogP contribution >= 0.6 is 0 Å². The molecule has 0 bridgehead atoms. The number of para-hydroxylation sites is 1. The van der Waals surface area contributed by atoms with Crippen molar-refractivity contribution in [3.8, 4) is 11.1 Å². The predicted octanol–water partition coefficient (Wildman–Crippen LogP) is 7.41. The quantitative estimate of drug-likeness (QED) is 0.319. The average Bonchev–Trinajstić information content (AvgIpc) is 3.40. The third kappa shape index (κ3) is 2.69. The van der Waals surface area contributed by atoms with Crippen molar-refractivity contribution in [1.29, 1.82) is 0 Å². The van der Waals surface area contributed by atoms with Crippen LogP contribution in [0.3, 0.4) is 0 Å². The molecule has 1 atom stereocenters. The van der Waals surface area contributed by atoms with Crippen LogP contribution in [0.15, 0.2) is 113 Å². The minimum absolute atomic E-state index is 0.193. The lowest BCUT2D eigenvalue weighted by molar-refractivity contribution is 0.402. The summed E-state index contributed by atoms with van der Waals surface area (Å²) >= 11 is 0. The van der Waals surface area contributed by atoms with Crippen molar-refractivity contribution in [2.75, 3.05) is 0 Å². The van der Waals surface area contributed by atoms with Gasteiger partial charge in [-0.25, -0.2) is 0 Å². The largest absolute Gasteiger partial charge is 0.455 e. The molecule has 2 aliphatic rings. The Morgan fingerprint density at radius 3 is 2.39 bits per heavy atom. The first-order chi connectivity index (χ1) is 16.3. The molecule has 1 unspecified atom stereocenters. The van der Waals surface area contributed by atoms with E-state index in [1.807, 2.05) is 12.1 Å². The van der Waals surface area contributed by atoms with Crippen LogP contribution in [0.5, 0.6) is 0 Å². The van der Waals surface area contributed by atoms with E-state index in [4.69, 9.17) is 4.42 Å². The smallest absolute Gasteiger partial charge is 0.143 e. The zero-order chi connectivity index (χ0) is 21.9. The number of allylic oxidation sites excluding steroid dienone is 3. The SMILES string of the molecule is CC1=C(c2ccc(-c3c4ccccc4cc4c3oc3ccccc34)cc2)NC2C=CC=CN12. The van der Waals surface area contributed by atoms with E-state index in [1.54, 1.807) is 0 Å². The lowest BCUT2D eigenvalue weighted by atomic mass is 9.94. The fourth-order valence-electron chi connectivity index (χ4n) is 5.22. The van der Waals surface area contributed by atoms with Gasteiger partial charge in [-0.2, -0.15) is 0 Å². The molecule has 0 spiro atoms. The lowest BCUT2D eigenvalue weighted by Gasteiger charge is -2.23. The highest BCUT2D eigenvalue weighted by molar-refractivity contribution is 6.18. The summed E-state index contributed by atoms with van der Waals surface area (Å²) in [5.74, 6) is 0. The zero-order valence-electron chi connectivity index (χ0n) is 18.2. The number of furan rings is 1. The van der Waals surface area contributed by atoms with Gasteiger partial charge in [0.05, 0.1) is 5.70 Å². The highest BCUT2D eigenvalue weighted by Gasteiger charge is 2.27. The Morgan fingerprint density at radius 1 is 0.788 bits per heavy atom. The van der Waals surface area contributed by atoms with Crippen LogP contribution in [0.25, 0.3) is 49.5 Å². The topological polar surface area (TPSA) is 28.4 Å². The van der Waals surface area contributed by atoms with Gasteiger partial charge < -0.3 is 14.6 Å². The maximum atomic E-state index is 6.41. The van der Waals surface area contributed by atoms with E-state index in [9.17, 15) is 0 Å². The van der Waals surface area contributed by atoms with Gasteiger partial charge in [0.1, 0.15) is 17.3 Å². The number of fused-ring (bicyclic) bond motifs is 5. The van der Waals surface area contributed by atoms with Crippen molar-refractivity contribution in [3.05, 3.63) is 115 Å².